The standard InChI is InChI=1S/C17H25ClN2O.ClH/c1-12(14-8-5-9-15(18)10-14)17(21)20-16(11-19)13-6-3-2-4-7-13;/h5,8-10,12-13,16H,2-4,6-7,11,19H2,1H3,(H,20,21);1H. The molecule has 0 saturated heterocycles. The van der Waals surface area contributed by atoms with E-state index < -0.39 is 0 Å². The minimum Gasteiger partial charge on any atom is -0.351 e. The van der Waals surface area contributed by atoms with E-state index in [-0.39, 0.29) is 30.3 Å². The fourth-order valence-electron chi connectivity index (χ4n) is 3.14. The number of rotatable bonds is 5. The Kier molecular flexibility index (Phi) is 8.23. The summed E-state index contributed by atoms with van der Waals surface area (Å²) >= 11 is 6.00. The third kappa shape index (κ3) is 5.15. The second kappa shape index (κ2) is 9.39. The highest BCUT2D eigenvalue weighted by atomic mass is 35.5. The number of amides is 1. The summed E-state index contributed by atoms with van der Waals surface area (Å²) in [6.07, 6.45) is 6.16. The molecule has 2 atom stereocenters. The quantitative estimate of drug-likeness (QED) is 0.851. The summed E-state index contributed by atoms with van der Waals surface area (Å²) in [5, 5.41) is 3.81. The Morgan fingerprint density at radius 2 is 2.05 bits per heavy atom. The summed E-state index contributed by atoms with van der Waals surface area (Å²) in [6, 6.07) is 7.58. The van der Waals surface area contributed by atoms with Crippen molar-refractivity contribution in [2.75, 3.05) is 6.54 Å². The Balaban J connectivity index is 0.00000242. The molecule has 1 fully saturated rings. The molecule has 0 radical (unpaired) electrons. The predicted octanol–water partition coefficient (Wildman–Crippen LogP) is 3.89. The van der Waals surface area contributed by atoms with Crippen molar-refractivity contribution in [3.63, 3.8) is 0 Å². The van der Waals surface area contributed by atoms with Gasteiger partial charge in [-0.2, -0.15) is 0 Å². The molecular weight excluding hydrogens is 319 g/mol. The van der Waals surface area contributed by atoms with Crippen LogP contribution in [0.5, 0.6) is 0 Å². The van der Waals surface area contributed by atoms with Gasteiger partial charge >= 0.3 is 0 Å². The normalized spacial score (nSPS) is 18.1. The topological polar surface area (TPSA) is 55.1 Å². The fourth-order valence-corrected chi connectivity index (χ4v) is 3.34. The van der Waals surface area contributed by atoms with E-state index in [1.807, 2.05) is 31.2 Å². The number of hydrogen-bond acceptors (Lipinski definition) is 2. The van der Waals surface area contributed by atoms with E-state index >= 15 is 0 Å². The molecule has 5 heteroatoms. The summed E-state index contributed by atoms with van der Waals surface area (Å²) in [5.74, 6) is 0.360. The molecule has 3 nitrogen and oxygen atoms in total. The van der Waals surface area contributed by atoms with E-state index in [0.717, 1.165) is 5.56 Å². The molecule has 3 N–H and O–H groups in total. The van der Waals surface area contributed by atoms with Gasteiger partial charge in [-0.3, -0.25) is 4.79 Å². The van der Waals surface area contributed by atoms with Crippen LogP contribution in [0.2, 0.25) is 5.02 Å². The Labute approximate surface area is 144 Å². The van der Waals surface area contributed by atoms with E-state index in [1.165, 1.54) is 32.1 Å². The zero-order valence-corrected chi connectivity index (χ0v) is 14.6. The van der Waals surface area contributed by atoms with Crippen molar-refractivity contribution in [1.82, 2.24) is 5.32 Å². The van der Waals surface area contributed by atoms with Crippen LogP contribution >= 0.6 is 24.0 Å². The van der Waals surface area contributed by atoms with Crippen LogP contribution in [0, 0.1) is 5.92 Å². The summed E-state index contributed by atoms with van der Waals surface area (Å²) < 4.78 is 0. The lowest BCUT2D eigenvalue weighted by Gasteiger charge is -2.31. The van der Waals surface area contributed by atoms with Gasteiger partial charge in [0.15, 0.2) is 0 Å². The number of hydrogen-bond donors (Lipinski definition) is 2. The molecule has 1 aliphatic carbocycles. The van der Waals surface area contributed by atoms with Crippen molar-refractivity contribution in [3.8, 4) is 0 Å². The number of nitrogens with one attached hydrogen (secondary N) is 1. The SMILES string of the molecule is CC(C(=O)NC(CN)C1CCCCC1)c1cccc(Cl)c1.Cl. The van der Waals surface area contributed by atoms with Gasteiger partial charge in [-0.1, -0.05) is 43.0 Å². The largest absolute Gasteiger partial charge is 0.351 e. The van der Waals surface area contributed by atoms with Crippen molar-refractivity contribution >= 4 is 29.9 Å². The van der Waals surface area contributed by atoms with Crippen LogP contribution in [0.1, 0.15) is 50.5 Å². The smallest absolute Gasteiger partial charge is 0.227 e. The van der Waals surface area contributed by atoms with Crippen LogP contribution in [-0.4, -0.2) is 18.5 Å². The highest BCUT2D eigenvalue weighted by molar-refractivity contribution is 6.30. The lowest BCUT2D eigenvalue weighted by molar-refractivity contribution is -0.123. The Hall–Kier alpha value is -0.770. The van der Waals surface area contributed by atoms with Crippen molar-refractivity contribution in [3.05, 3.63) is 34.9 Å². The van der Waals surface area contributed by atoms with E-state index in [2.05, 4.69) is 5.32 Å². The van der Waals surface area contributed by atoms with Crippen LogP contribution < -0.4 is 11.1 Å². The fraction of sp³-hybridized carbons (Fsp3) is 0.588. The van der Waals surface area contributed by atoms with Crippen LogP contribution in [0.3, 0.4) is 0 Å². The Morgan fingerprint density at radius 1 is 1.36 bits per heavy atom. The molecule has 2 unspecified atom stereocenters. The van der Waals surface area contributed by atoms with Gasteiger partial charge in [0.2, 0.25) is 5.91 Å². The molecule has 0 spiro atoms. The Morgan fingerprint density at radius 3 is 2.64 bits per heavy atom. The second-order valence-electron chi connectivity index (χ2n) is 6.03. The zero-order valence-electron chi connectivity index (χ0n) is 13.1. The third-order valence-corrected chi connectivity index (χ3v) is 4.78. The third-order valence-electron chi connectivity index (χ3n) is 4.54. The van der Waals surface area contributed by atoms with Crippen molar-refractivity contribution in [2.45, 2.75) is 51.0 Å². The van der Waals surface area contributed by atoms with E-state index in [0.29, 0.717) is 17.5 Å². The zero-order chi connectivity index (χ0) is 15.2. The molecule has 2 rings (SSSR count). The van der Waals surface area contributed by atoms with Gasteiger partial charge in [-0.25, -0.2) is 0 Å². The first-order valence-electron chi connectivity index (χ1n) is 7.87. The average Bonchev–Trinajstić information content (AvgIpc) is 2.52. The lowest BCUT2D eigenvalue weighted by Crippen LogP contribution is -2.47. The minimum atomic E-state index is -0.207. The molecule has 0 bridgehead atoms. The van der Waals surface area contributed by atoms with E-state index in [1.54, 1.807) is 0 Å². The molecule has 1 aliphatic rings. The summed E-state index contributed by atoms with van der Waals surface area (Å²) in [7, 11) is 0. The maximum Gasteiger partial charge on any atom is 0.227 e. The first-order chi connectivity index (χ1) is 10.1. The van der Waals surface area contributed by atoms with Gasteiger partial charge in [0, 0.05) is 17.6 Å². The first-order valence-corrected chi connectivity index (χ1v) is 8.25. The molecule has 0 heterocycles. The molecule has 0 aromatic heterocycles. The van der Waals surface area contributed by atoms with E-state index in [4.69, 9.17) is 17.3 Å². The van der Waals surface area contributed by atoms with Crippen LogP contribution in [0.15, 0.2) is 24.3 Å². The maximum atomic E-state index is 12.5. The molecule has 1 aromatic carbocycles. The molecule has 1 amide bonds. The maximum absolute atomic E-state index is 12.5. The monoisotopic (exact) mass is 344 g/mol. The first kappa shape index (κ1) is 19.3. The number of halogens is 2. The highest BCUT2D eigenvalue weighted by Gasteiger charge is 2.26. The van der Waals surface area contributed by atoms with E-state index in [9.17, 15) is 4.79 Å². The predicted molar refractivity (Wildman–Crippen MR) is 94.7 cm³/mol. The van der Waals surface area contributed by atoms with Crippen molar-refractivity contribution < 1.29 is 4.79 Å². The molecule has 22 heavy (non-hydrogen) atoms. The van der Waals surface area contributed by atoms with Gasteiger partial charge in [-0.15, -0.1) is 12.4 Å². The van der Waals surface area contributed by atoms with Gasteiger partial charge < -0.3 is 11.1 Å². The molecule has 1 saturated carbocycles. The summed E-state index contributed by atoms with van der Waals surface area (Å²) in [6.45, 7) is 2.42. The van der Waals surface area contributed by atoms with Crippen molar-refractivity contribution in [2.24, 2.45) is 11.7 Å². The number of benzene rings is 1. The van der Waals surface area contributed by atoms with Gasteiger partial charge in [-0.05, 0) is 43.4 Å². The number of nitrogens with two attached hydrogens (primary N) is 1. The van der Waals surface area contributed by atoms with Crippen LogP contribution in [0.25, 0.3) is 0 Å². The molecule has 1 aromatic rings. The molecule has 124 valence electrons. The van der Waals surface area contributed by atoms with Crippen LogP contribution in [0.4, 0.5) is 0 Å². The van der Waals surface area contributed by atoms with Crippen LogP contribution in [-0.2, 0) is 4.79 Å². The Bertz CT molecular complexity index is 475. The van der Waals surface area contributed by atoms with Crippen molar-refractivity contribution in [1.29, 1.82) is 0 Å². The molecular formula is C17H26Cl2N2O. The highest BCUT2D eigenvalue weighted by Crippen LogP contribution is 2.27. The number of carbonyl (C=O) groups is 1. The van der Waals surface area contributed by atoms with Gasteiger partial charge in [0.05, 0.1) is 5.92 Å². The lowest BCUT2D eigenvalue weighted by atomic mass is 9.83. The summed E-state index contributed by atoms with van der Waals surface area (Å²) in [5.41, 5.74) is 6.82. The van der Waals surface area contributed by atoms with Gasteiger partial charge in [0.25, 0.3) is 0 Å². The summed E-state index contributed by atoms with van der Waals surface area (Å²) in [4.78, 5) is 12.5. The van der Waals surface area contributed by atoms with Gasteiger partial charge in [0.1, 0.15) is 0 Å². The second-order valence-corrected chi connectivity index (χ2v) is 6.46. The minimum absolute atomic E-state index is 0. The molecule has 0 aliphatic heterocycles. The number of carbonyl (C=O) groups excluding carboxylic acids is 1. The average molecular weight is 345 g/mol.